The SMILES string of the molecule is Cc1cccc(C(=O)Oc2ccc3c(c2)O/C(=C\c2ccncc2)C3=O)c1. The predicted octanol–water partition coefficient (Wildman–Crippen LogP) is 4.23. The van der Waals surface area contributed by atoms with Crippen molar-refractivity contribution in [1.29, 1.82) is 0 Å². The molecular weight excluding hydrogens is 342 g/mol. The van der Waals surface area contributed by atoms with Gasteiger partial charge in [-0.1, -0.05) is 17.7 Å². The van der Waals surface area contributed by atoms with E-state index in [-0.39, 0.29) is 11.5 Å². The van der Waals surface area contributed by atoms with E-state index >= 15 is 0 Å². The van der Waals surface area contributed by atoms with Crippen LogP contribution in [0.25, 0.3) is 6.08 Å². The standard InChI is InChI=1S/C22H15NO4/c1-14-3-2-4-16(11-14)22(25)26-17-5-6-18-19(13-17)27-20(21(18)24)12-15-7-9-23-10-8-15/h2-13H,1H3/b20-12-. The van der Waals surface area contributed by atoms with Crippen LogP contribution in [0.15, 0.2) is 72.8 Å². The highest BCUT2D eigenvalue weighted by atomic mass is 16.5. The van der Waals surface area contributed by atoms with Gasteiger partial charge in [0.1, 0.15) is 11.5 Å². The average molecular weight is 357 g/mol. The Bertz CT molecular complexity index is 1070. The lowest BCUT2D eigenvalue weighted by atomic mass is 10.1. The van der Waals surface area contributed by atoms with Crippen molar-refractivity contribution in [2.45, 2.75) is 6.92 Å². The Morgan fingerprint density at radius 2 is 1.89 bits per heavy atom. The fourth-order valence-corrected chi connectivity index (χ4v) is 2.78. The van der Waals surface area contributed by atoms with Crippen molar-refractivity contribution in [2.24, 2.45) is 0 Å². The van der Waals surface area contributed by atoms with E-state index < -0.39 is 5.97 Å². The Morgan fingerprint density at radius 3 is 2.67 bits per heavy atom. The number of fused-ring (bicyclic) bond motifs is 1. The number of carbonyl (C=O) groups excluding carboxylic acids is 2. The zero-order valence-electron chi connectivity index (χ0n) is 14.5. The monoisotopic (exact) mass is 357 g/mol. The summed E-state index contributed by atoms with van der Waals surface area (Å²) in [5, 5.41) is 0. The van der Waals surface area contributed by atoms with Crippen LogP contribution >= 0.6 is 0 Å². The second-order valence-electron chi connectivity index (χ2n) is 6.14. The van der Waals surface area contributed by atoms with Crippen LogP contribution in [0.3, 0.4) is 0 Å². The number of ether oxygens (including phenoxy) is 2. The summed E-state index contributed by atoms with van der Waals surface area (Å²) in [6.45, 7) is 1.91. The van der Waals surface area contributed by atoms with Crippen LogP contribution < -0.4 is 9.47 Å². The number of pyridine rings is 1. The van der Waals surface area contributed by atoms with Crippen molar-refractivity contribution in [3.05, 3.63) is 95.0 Å². The van der Waals surface area contributed by atoms with Crippen molar-refractivity contribution < 1.29 is 19.1 Å². The van der Waals surface area contributed by atoms with Gasteiger partial charge in [-0.2, -0.15) is 0 Å². The zero-order valence-corrected chi connectivity index (χ0v) is 14.5. The third-order valence-electron chi connectivity index (χ3n) is 4.11. The van der Waals surface area contributed by atoms with Crippen LogP contribution in [0.2, 0.25) is 0 Å². The lowest BCUT2D eigenvalue weighted by molar-refractivity contribution is 0.0734. The number of allylic oxidation sites excluding steroid dienone is 1. The van der Waals surface area contributed by atoms with Gasteiger partial charge in [-0.15, -0.1) is 0 Å². The van der Waals surface area contributed by atoms with E-state index in [9.17, 15) is 9.59 Å². The zero-order chi connectivity index (χ0) is 18.8. The van der Waals surface area contributed by atoms with Crippen LogP contribution in [-0.4, -0.2) is 16.7 Å². The Labute approximate surface area is 155 Å². The molecule has 0 aliphatic carbocycles. The van der Waals surface area contributed by atoms with Crippen LogP contribution in [0.5, 0.6) is 11.5 Å². The van der Waals surface area contributed by atoms with Crippen molar-refractivity contribution in [3.63, 3.8) is 0 Å². The molecule has 0 saturated heterocycles. The lowest BCUT2D eigenvalue weighted by Gasteiger charge is -2.06. The van der Waals surface area contributed by atoms with E-state index in [0.29, 0.717) is 22.6 Å². The van der Waals surface area contributed by atoms with Gasteiger partial charge in [-0.25, -0.2) is 4.79 Å². The summed E-state index contributed by atoms with van der Waals surface area (Å²) in [7, 11) is 0. The van der Waals surface area contributed by atoms with E-state index in [4.69, 9.17) is 9.47 Å². The molecule has 0 fully saturated rings. The van der Waals surface area contributed by atoms with Crippen molar-refractivity contribution in [3.8, 4) is 11.5 Å². The number of hydrogen-bond donors (Lipinski definition) is 0. The van der Waals surface area contributed by atoms with Gasteiger partial charge in [0.2, 0.25) is 5.78 Å². The van der Waals surface area contributed by atoms with Crippen LogP contribution in [0.1, 0.15) is 31.8 Å². The maximum absolute atomic E-state index is 12.5. The first-order valence-electron chi connectivity index (χ1n) is 8.37. The molecule has 4 rings (SSSR count). The fourth-order valence-electron chi connectivity index (χ4n) is 2.78. The molecule has 0 N–H and O–H groups in total. The number of aromatic nitrogens is 1. The Balaban J connectivity index is 1.56. The molecule has 1 aromatic heterocycles. The molecule has 27 heavy (non-hydrogen) atoms. The van der Waals surface area contributed by atoms with E-state index in [0.717, 1.165) is 11.1 Å². The number of Topliss-reactive ketones (excluding diaryl/α,β-unsaturated/α-hetero) is 1. The quantitative estimate of drug-likeness (QED) is 0.399. The number of carbonyl (C=O) groups is 2. The van der Waals surface area contributed by atoms with Gasteiger partial charge in [-0.05, 0) is 55.0 Å². The number of esters is 1. The summed E-state index contributed by atoms with van der Waals surface area (Å²) >= 11 is 0. The molecule has 0 amide bonds. The summed E-state index contributed by atoms with van der Waals surface area (Å²) in [5.41, 5.74) is 2.68. The van der Waals surface area contributed by atoms with Crippen LogP contribution in [0.4, 0.5) is 0 Å². The van der Waals surface area contributed by atoms with Gasteiger partial charge < -0.3 is 9.47 Å². The Hall–Kier alpha value is -3.73. The summed E-state index contributed by atoms with van der Waals surface area (Å²) in [6, 6.07) is 15.4. The molecule has 1 aliphatic heterocycles. The summed E-state index contributed by atoms with van der Waals surface area (Å²) in [4.78, 5) is 28.7. The number of nitrogens with zero attached hydrogens (tertiary/aromatic N) is 1. The van der Waals surface area contributed by atoms with E-state index in [1.165, 1.54) is 0 Å². The molecule has 2 aromatic carbocycles. The van der Waals surface area contributed by atoms with Crippen molar-refractivity contribution in [1.82, 2.24) is 4.98 Å². The van der Waals surface area contributed by atoms with Gasteiger partial charge >= 0.3 is 5.97 Å². The molecular formula is C22H15NO4. The summed E-state index contributed by atoms with van der Waals surface area (Å²) in [6.07, 6.45) is 4.94. The number of benzene rings is 2. The largest absolute Gasteiger partial charge is 0.452 e. The van der Waals surface area contributed by atoms with Gasteiger partial charge in [0.25, 0.3) is 0 Å². The minimum atomic E-state index is -0.462. The highest BCUT2D eigenvalue weighted by molar-refractivity contribution is 6.14. The molecule has 2 heterocycles. The normalized spacial score (nSPS) is 14.0. The molecule has 0 bridgehead atoms. The number of aryl methyl sites for hydroxylation is 1. The maximum atomic E-state index is 12.5. The Morgan fingerprint density at radius 1 is 1.07 bits per heavy atom. The molecule has 0 unspecified atom stereocenters. The smallest absolute Gasteiger partial charge is 0.343 e. The average Bonchev–Trinajstić information content (AvgIpc) is 2.97. The van der Waals surface area contributed by atoms with Crippen molar-refractivity contribution >= 4 is 17.8 Å². The predicted molar refractivity (Wildman–Crippen MR) is 99.8 cm³/mol. The van der Waals surface area contributed by atoms with Crippen LogP contribution in [-0.2, 0) is 0 Å². The maximum Gasteiger partial charge on any atom is 0.343 e. The summed E-state index contributed by atoms with van der Waals surface area (Å²) in [5.74, 6) is 0.236. The molecule has 1 aliphatic rings. The lowest BCUT2D eigenvalue weighted by Crippen LogP contribution is -2.08. The first-order valence-corrected chi connectivity index (χ1v) is 8.37. The highest BCUT2D eigenvalue weighted by Gasteiger charge is 2.28. The summed E-state index contributed by atoms with van der Waals surface area (Å²) < 4.78 is 11.1. The topological polar surface area (TPSA) is 65.5 Å². The number of ketones is 1. The van der Waals surface area contributed by atoms with E-state index in [1.807, 2.05) is 13.0 Å². The van der Waals surface area contributed by atoms with Crippen molar-refractivity contribution in [2.75, 3.05) is 0 Å². The van der Waals surface area contributed by atoms with Gasteiger partial charge in [0, 0.05) is 18.5 Å². The molecule has 5 nitrogen and oxygen atoms in total. The number of hydrogen-bond acceptors (Lipinski definition) is 5. The van der Waals surface area contributed by atoms with Gasteiger partial charge in [0.05, 0.1) is 11.1 Å². The molecule has 0 saturated carbocycles. The van der Waals surface area contributed by atoms with E-state index in [2.05, 4.69) is 4.98 Å². The minimum Gasteiger partial charge on any atom is -0.452 e. The molecule has 0 radical (unpaired) electrons. The fraction of sp³-hybridized carbons (Fsp3) is 0.0455. The number of rotatable bonds is 3. The van der Waals surface area contributed by atoms with Crippen LogP contribution in [0, 0.1) is 6.92 Å². The molecule has 0 atom stereocenters. The first kappa shape index (κ1) is 16.7. The van der Waals surface area contributed by atoms with Gasteiger partial charge in [-0.3, -0.25) is 9.78 Å². The van der Waals surface area contributed by atoms with Gasteiger partial charge in [0.15, 0.2) is 5.76 Å². The van der Waals surface area contributed by atoms with E-state index in [1.54, 1.807) is 67.0 Å². The molecule has 3 aromatic rings. The Kier molecular flexibility index (Phi) is 4.26. The second kappa shape index (κ2) is 6.88. The first-order chi connectivity index (χ1) is 13.1. The third-order valence-corrected chi connectivity index (χ3v) is 4.11. The molecule has 132 valence electrons. The molecule has 5 heteroatoms. The third kappa shape index (κ3) is 3.48. The molecule has 0 spiro atoms. The highest BCUT2D eigenvalue weighted by Crippen LogP contribution is 2.35. The second-order valence-corrected chi connectivity index (χ2v) is 6.14. The minimum absolute atomic E-state index is 0.210.